The van der Waals surface area contributed by atoms with Crippen LogP contribution in [-0.2, 0) is 9.53 Å². The highest BCUT2D eigenvalue weighted by Gasteiger charge is 1.98. The number of rotatable bonds is 8. The van der Waals surface area contributed by atoms with Gasteiger partial charge in [-0.3, -0.25) is 4.79 Å². The number of carbonyl (C=O) groups is 1. The van der Waals surface area contributed by atoms with Gasteiger partial charge in [0.2, 0.25) is 0 Å². The summed E-state index contributed by atoms with van der Waals surface area (Å²) < 4.78 is 24.5. The van der Waals surface area contributed by atoms with Crippen LogP contribution in [-0.4, -0.2) is 13.0 Å². The zero-order valence-corrected chi connectivity index (χ0v) is 8.47. The molecule has 0 aromatic carbocycles. The monoisotopic (exact) mass is 189 g/mol. The Bertz CT molecular complexity index is 190. The third-order valence-electron chi connectivity index (χ3n) is 2.10. The van der Waals surface area contributed by atoms with Crippen LogP contribution in [0.2, 0.25) is 0 Å². The van der Waals surface area contributed by atoms with Crippen molar-refractivity contribution in [1.82, 2.24) is 0 Å². The van der Waals surface area contributed by atoms with E-state index in [1.165, 1.54) is 25.7 Å². The first-order valence-corrected chi connectivity index (χ1v) is 5.17. The number of carbonyl (C=O) groups excluding carboxylic acids is 1. The summed E-state index contributed by atoms with van der Waals surface area (Å²) in [5.41, 5.74) is 0. The molecule has 0 bridgehead atoms. The van der Waals surface area contributed by atoms with E-state index in [1.807, 2.05) is 0 Å². The summed E-state index contributed by atoms with van der Waals surface area (Å²) in [6, 6.07) is 0. The van der Waals surface area contributed by atoms with Crippen molar-refractivity contribution in [3.8, 4) is 0 Å². The quantitative estimate of drug-likeness (QED) is 0.432. The Morgan fingerprint density at radius 3 is 2.38 bits per heavy atom. The number of ether oxygens (including phenoxy) is 1. The highest BCUT2D eigenvalue weighted by atomic mass is 16.5. The van der Waals surface area contributed by atoms with Crippen molar-refractivity contribution in [2.45, 2.75) is 58.3 Å². The minimum absolute atomic E-state index is 0.214. The van der Waals surface area contributed by atoms with Crippen LogP contribution in [0.15, 0.2) is 0 Å². The summed E-state index contributed by atoms with van der Waals surface area (Å²) in [6.07, 6.45) is 7.96. The Morgan fingerprint density at radius 1 is 1.15 bits per heavy atom. The van der Waals surface area contributed by atoms with Gasteiger partial charge in [-0.2, -0.15) is 0 Å². The molecular weight excluding hydrogens is 164 g/mol. The predicted molar refractivity (Wildman–Crippen MR) is 54.6 cm³/mol. The Hall–Kier alpha value is -0.530. The summed E-state index contributed by atoms with van der Waals surface area (Å²) >= 11 is 0. The molecular formula is C11H22O2. The van der Waals surface area contributed by atoms with E-state index in [2.05, 4.69) is 11.7 Å². The van der Waals surface area contributed by atoms with Crippen molar-refractivity contribution < 1.29 is 13.6 Å². The maximum Gasteiger partial charge on any atom is 0.305 e. The topological polar surface area (TPSA) is 26.3 Å². The highest BCUT2D eigenvalue weighted by molar-refractivity contribution is 5.68. The van der Waals surface area contributed by atoms with E-state index in [9.17, 15) is 4.79 Å². The molecule has 0 aliphatic heterocycles. The number of hydrogen-bond donors (Lipinski definition) is 0. The van der Waals surface area contributed by atoms with Crippen molar-refractivity contribution in [1.29, 1.82) is 0 Å². The molecule has 0 fully saturated rings. The second-order valence-corrected chi connectivity index (χ2v) is 3.35. The molecule has 0 N–H and O–H groups in total. The maximum absolute atomic E-state index is 11.0. The maximum atomic E-state index is 11.0. The molecule has 0 radical (unpaired) electrons. The number of methoxy groups -OCH3 is 1. The number of unbranched alkanes of at least 4 members (excludes halogenated alkanes) is 6. The predicted octanol–water partition coefficient (Wildman–Crippen LogP) is 3.30. The molecule has 2 heteroatoms. The molecule has 0 rings (SSSR count). The van der Waals surface area contributed by atoms with Gasteiger partial charge in [-0.05, 0) is 6.42 Å². The van der Waals surface area contributed by atoms with Gasteiger partial charge in [-0.1, -0.05) is 45.4 Å². The average molecular weight is 189 g/mol. The lowest BCUT2D eigenvalue weighted by atomic mass is 10.1. The normalized spacial score (nSPS) is 14.4. The van der Waals surface area contributed by atoms with Crippen molar-refractivity contribution in [2.75, 3.05) is 7.04 Å². The molecule has 0 unspecified atom stereocenters. The molecule has 0 aromatic heterocycles. The third-order valence-corrected chi connectivity index (χ3v) is 2.10. The molecule has 2 nitrogen and oxygen atoms in total. The van der Waals surface area contributed by atoms with E-state index < -0.39 is 13.0 Å². The van der Waals surface area contributed by atoms with Crippen LogP contribution < -0.4 is 0 Å². The minimum Gasteiger partial charge on any atom is -0.469 e. The Balaban J connectivity index is 3.28. The lowest BCUT2D eigenvalue weighted by Crippen LogP contribution is -1.99. The van der Waals surface area contributed by atoms with E-state index in [4.69, 9.17) is 4.11 Å². The molecule has 0 saturated carbocycles. The Kier molecular flexibility index (Phi) is 5.76. The number of esters is 1. The molecule has 0 aromatic rings. The van der Waals surface area contributed by atoms with E-state index in [1.54, 1.807) is 0 Å². The first-order valence-electron chi connectivity index (χ1n) is 6.67. The van der Waals surface area contributed by atoms with E-state index in [0.29, 0.717) is 0 Å². The van der Waals surface area contributed by atoms with Gasteiger partial charge in [0, 0.05) is 6.42 Å². The van der Waals surface area contributed by atoms with Crippen molar-refractivity contribution in [3.05, 3.63) is 0 Å². The molecule has 0 heterocycles. The van der Waals surface area contributed by atoms with Gasteiger partial charge in [0.1, 0.15) is 0 Å². The molecule has 0 aliphatic carbocycles. The molecule has 0 aliphatic rings. The Labute approximate surface area is 85.9 Å². The molecule has 0 atom stereocenters. The van der Waals surface area contributed by atoms with Gasteiger partial charge < -0.3 is 4.74 Å². The summed E-state index contributed by atoms with van der Waals surface area (Å²) in [7, 11) is -2.59. The zero-order chi connectivity index (χ0) is 12.4. The summed E-state index contributed by atoms with van der Waals surface area (Å²) in [5, 5.41) is 0. The van der Waals surface area contributed by atoms with Gasteiger partial charge in [-0.15, -0.1) is 0 Å². The van der Waals surface area contributed by atoms with Crippen LogP contribution in [0.5, 0.6) is 0 Å². The fourth-order valence-electron chi connectivity index (χ4n) is 1.28. The summed E-state index contributed by atoms with van der Waals surface area (Å²) in [5.74, 6) is -0.617. The van der Waals surface area contributed by atoms with Crippen LogP contribution in [0.25, 0.3) is 0 Å². The number of hydrogen-bond acceptors (Lipinski definition) is 2. The molecule has 0 amide bonds. The largest absolute Gasteiger partial charge is 0.469 e. The summed E-state index contributed by atoms with van der Waals surface area (Å²) in [4.78, 5) is 11.0. The summed E-state index contributed by atoms with van der Waals surface area (Å²) in [6.45, 7) is 2.17. The van der Waals surface area contributed by atoms with Crippen molar-refractivity contribution in [3.63, 3.8) is 0 Å². The van der Waals surface area contributed by atoms with Crippen LogP contribution in [0, 0.1) is 0 Å². The van der Waals surface area contributed by atoms with Gasteiger partial charge in [-0.25, -0.2) is 0 Å². The fourth-order valence-corrected chi connectivity index (χ4v) is 1.28. The molecule has 0 spiro atoms. The lowest BCUT2D eigenvalue weighted by Gasteiger charge is -2.00. The Morgan fingerprint density at radius 2 is 1.77 bits per heavy atom. The fraction of sp³-hybridized carbons (Fsp3) is 0.909. The average Bonchev–Trinajstić information content (AvgIpc) is 2.13. The van der Waals surface area contributed by atoms with Gasteiger partial charge in [0.25, 0.3) is 0 Å². The molecule has 0 saturated heterocycles. The first-order chi connectivity index (χ1) is 7.45. The van der Waals surface area contributed by atoms with E-state index >= 15 is 0 Å². The SMILES string of the molecule is [2H]C([2H])([2H])OC(=O)CCCCCCCCC. The minimum atomic E-state index is -2.59. The zero-order valence-electron chi connectivity index (χ0n) is 11.5. The van der Waals surface area contributed by atoms with Crippen LogP contribution in [0.3, 0.4) is 0 Å². The van der Waals surface area contributed by atoms with Gasteiger partial charge in [0.05, 0.1) is 11.2 Å². The molecule has 13 heavy (non-hydrogen) atoms. The van der Waals surface area contributed by atoms with Crippen LogP contribution in [0.4, 0.5) is 0 Å². The van der Waals surface area contributed by atoms with Crippen LogP contribution >= 0.6 is 0 Å². The standard InChI is InChI=1S/C11H22O2/c1-3-4-5-6-7-8-9-10-11(12)13-2/h3-10H2,1-2H3/i2D3. The van der Waals surface area contributed by atoms with Crippen molar-refractivity contribution >= 4 is 5.97 Å². The second-order valence-electron chi connectivity index (χ2n) is 3.35. The highest BCUT2D eigenvalue weighted by Crippen LogP contribution is 2.08. The van der Waals surface area contributed by atoms with E-state index in [0.717, 1.165) is 19.3 Å². The van der Waals surface area contributed by atoms with Crippen LogP contribution in [0.1, 0.15) is 62.4 Å². The van der Waals surface area contributed by atoms with Gasteiger partial charge in [0.15, 0.2) is 0 Å². The van der Waals surface area contributed by atoms with E-state index in [-0.39, 0.29) is 6.42 Å². The lowest BCUT2D eigenvalue weighted by molar-refractivity contribution is -0.140. The van der Waals surface area contributed by atoms with Crippen molar-refractivity contribution in [2.24, 2.45) is 0 Å². The van der Waals surface area contributed by atoms with Gasteiger partial charge >= 0.3 is 5.97 Å². The second kappa shape index (κ2) is 9.56. The molecule has 78 valence electrons. The smallest absolute Gasteiger partial charge is 0.305 e. The first kappa shape index (κ1) is 7.84. The third kappa shape index (κ3) is 9.38.